The van der Waals surface area contributed by atoms with E-state index in [0.717, 1.165) is 46.5 Å². The third-order valence-corrected chi connectivity index (χ3v) is 20.8. The van der Waals surface area contributed by atoms with Gasteiger partial charge in [-0.15, -0.1) is 11.3 Å². The van der Waals surface area contributed by atoms with E-state index in [-0.39, 0.29) is 5.92 Å². The van der Waals surface area contributed by atoms with Crippen LogP contribution in [0.4, 0.5) is 17.1 Å². The predicted octanol–water partition coefficient (Wildman–Crippen LogP) is 20.5. The predicted molar refractivity (Wildman–Crippen MR) is 321 cm³/mol. The summed E-state index contributed by atoms with van der Waals surface area (Å²) < 4.78 is 16.9. The minimum absolute atomic E-state index is 0.192. The molecule has 1 aromatic heterocycles. The number of hydrogen-bond acceptors (Lipinski definition) is 4. The standard InChI is InChI=1S/C74H59NO2S/c1-3-18-46(19-4-1)48-34-38-54-55-39-35-49(47-20-5-2-6-21-47)43-62(55)74(61(54)42-48)60-28-13-15-31-67(60)77-69-41-37-51(45-64(69)74)75(65-29-17-33-71-72(65)56-24-9-16-32-70(56)78-71)50-36-40-68-63(44-50)73(59-27-12-14-30-66(59)76-68)57-25-10-7-22-52(57)53-23-8-11-26-58(53)73/h7-17,22-25,27-47,58H,1-6,18-21,26H2. The molecule has 5 aliphatic carbocycles. The third-order valence-electron chi connectivity index (χ3n) is 19.6. The van der Waals surface area contributed by atoms with Crippen molar-refractivity contribution in [1.82, 2.24) is 0 Å². The van der Waals surface area contributed by atoms with E-state index in [1.165, 1.54) is 157 Å². The summed E-state index contributed by atoms with van der Waals surface area (Å²) in [6, 6.07) is 72.4. The van der Waals surface area contributed by atoms with Gasteiger partial charge in [-0.25, -0.2) is 0 Å². The summed E-state index contributed by atoms with van der Waals surface area (Å²) in [5.41, 5.74) is 19.6. The fourth-order valence-electron chi connectivity index (χ4n) is 16.3. The number of anilines is 3. The fraction of sp³-hybridized carbons (Fsp3) is 0.216. The Labute approximate surface area is 461 Å². The van der Waals surface area contributed by atoms with Crippen molar-refractivity contribution in [2.75, 3.05) is 4.90 Å². The lowest BCUT2D eigenvalue weighted by atomic mass is 9.61. The van der Waals surface area contributed by atoms with Gasteiger partial charge in [-0.2, -0.15) is 0 Å². The van der Waals surface area contributed by atoms with Gasteiger partial charge >= 0.3 is 0 Å². The number of ether oxygens (including phenoxy) is 2. The van der Waals surface area contributed by atoms with Crippen molar-refractivity contribution in [3.63, 3.8) is 0 Å². The number of benzene rings is 9. The number of allylic oxidation sites excluding steroid dienone is 4. The topological polar surface area (TPSA) is 21.7 Å². The Kier molecular flexibility index (Phi) is 10.0. The van der Waals surface area contributed by atoms with Crippen LogP contribution in [0.1, 0.15) is 138 Å². The SMILES string of the molecule is C1=CCC2C(=C1)c1ccccc1C21c2ccccc2Oc2ccc(N(c3ccc4c(c3)C3(c5ccccc5O4)c4cc(C5CCCCC5)ccc4-c4ccc(C5CCCCC5)cc43)c3cccc4sc5ccccc5c34)cc21. The lowest BCUT2D eigenvalue weighted by molar-refractivity contribution is 0.383. The molecule has 0 radical (unpaired) electrons. The van der Waals surface area contributed by atoms with E-state index in [0.29, 0.717) is 11.8 Å². The molecule has 2 atom stereocenters. The van der Waals surface area contributed by atoms with E-state index >= 15 is 0 Å². The van der Waals surface area contributed by atoms with Crippen LogP contribution in [0.3, 0.4) is 0 Å². The second kappa shape index (κ2) is 17.3. The molecule has 2 unspecified atom stereocenters. The summed E-state index contributed by atoms with van der Waals surface area (Å²) in [4.78, 5) is 2.58. The highest BCUT2D eigenvalue weighted by atomic mass is 32.1. The monoisotopic (exact) mass is 1030 g/mol. The summed E-state index contributed by atoms with van der Waals surface area (Å²) >= 11 is 1.88. The Balaban J connectivity index is 0.947. The first kappa shape index (κ1) is 45.1. The van der Waals surface area contributed by atoms with Crippen molar-refractivity contribution in [3.8, 4) is 34.1 Å². The lowest BCUT2D eigenvalue weighted by Crippen LogP contribution is -2.37. The molecule has 9 aromatic carbocycles. The highest BCUT2D eigenvalue weighted by Gasteiger charge is 2.56. The first-order valence-corrected chi connectivity index (χ1v) is 29.8. The molecule has 7 aliphatic rings. The van der Waals surface area contributed by atoms with Crippen LogP contribution in [-0.4, -0.2) is 0 Å². The first-order chi connectivity index (χ1) is 38.7. The Bertz CT molecular complexity index is 4130. The zero-order valence-electron chi connectivity index (χ0n) is 43.8. The molecule has 0 N–H and O–H groups in total. The Morgan fingerprint density at radius 2 is 1.01 bits per heavy atom. The van der Waals surface area contributed by atoms with Crippen LogP contribution in [0, 0.1) is 5.92 Å². The smallest absolute Gasteiger partial charge is 0.132 e. The van der Waals surface area contributed by atoms with E-state index in [9.17, 15) is 0 Å². The van der Waals surface area contributed by atoms with Crippen molar-refractivity contribution < 1.29 is 9.47 Å². The average Bonchev–Trinajstić information content (AvgIpc) is 4.32. The highest BCUT2D eigenvalue weighted by Crippen LogP contribution is 2.67. The molecule has 2 fully saturated rings. The van der Waals surface area contributed by atoms with Crippen molar-refractivity contribution >= 4 is 54.1 Å². The molecule has 2 aliphatic heterocycles. The molecule has 78 heavy (non-hydrogen) atoms. The van der Waals surface area contributed by atoms with Crippen LogP contribution < -0.4 is 14.4 Å². The number of rotatable bonds is 5. The Morgan fingerprint density at radius 3 is 1.73 bits per heavy atom. The van der Waals surface area contributed by atoms with Crippen LogP contribution in [0.25, 0.3) is 36.9 Å². The van der Waals surface area contributed by atoms with Crippen molar-refractivity contribution in [1.29, 1.82) is 0 Å². The van der Waals surface area contributed by atoms with Crippen LogP contribution in [0.2, 0.25) is 0 Å². The van der Waals surface area contributed by atoms with Gasteiger partial charge in [0.1, 0.15) is 23.0 Å². The van der Waals surface area contributed by atoms with E-state index in [1.54, 1.807) is 0 Å². The molecule has 4 heteroatoms. The molecule has 10 aromatic rings. The van der Waals surface area contributed by atoms with Gasteiger partial charge < -0.3 is 14.4 Å². The lowest BCUT2D eigenvalue weighted by Gasteiger charge is -2.43. The molecule has 0 saturated heterocycles. The molecular formula is C74H59NO2S. The number of para-hydroxylation sites is 2. The summed E-state index contributed by atoms with van der Waals surface area (Å²) in [7, 11) is 0. The van der Waals surface area contributed by atoms with Crippen LogP contribution in [0.5, 0.6) is 23.0 Å². The number of fused-ring (bicyclic) bond motifs is 21. The van der Waals surface area contributed by atoms with Gasteiger partial charge in [0, 0.05) is 59.7 Å². The Hall–Kier alpha value is -7.92. The molecule has 378 valence electrons. The van der Waals surface area contributed by atoms with Crippen LogP contribution >= 0.6 is 11.3 Å². The van der Waals surface area contributed by atoms with Crippen LogP contribution in [0.15, 0.2) is 206 Å². The zero-order valence-corrected chi connectivity index (χ0v) is 44.6. The molecular weight excluding hydrogens is 967 g/mol. The Morgan fingerprint density at radius 1 is 0.436 bits per heavy atom. The molecule has 0 amide bonds. The minimum Gasteiger partial charge on any atom is -0.457 e. The number of thiophene rings is 1. The fourth-order valence-corrected chi connectivity index (χ4v) is 17.4. The number of hydrogen-bond donors (Lipinski definition) is 0. The van der Waals surface area contributed by atoms with E-state index in [2.05, 4.69) is 211 Å². The molecule has 17 rings (SSSR count). The minimum atomic E-state index is -0.630. The maximum absolute atomic E-state index is 7.26. The normalized spacial score (nSPS) is 20.2. The molecule has 2 saturated carbocycles. The number of nitrogens with zero attached hydrogens (tertiary/aromatic N) is 1. The van der Waals surface area contributed by atoms with E-state index < -0.39 is 10.8 Å². The second-order valence-electron chi connectivity index (χ2n) is 23.4. The second-order valence-corrected chi connectivity index (χ2v) is 24.4. The van der Waals surface area contributed by atoms with Gasteiger partial charge in [0.05, 0.1) is 16.5 Å². The summed E-state index contributed by atoms with van der Waals surface area (Å²) in [5, 5.41) is 2.54. The summed E-state index contributed by atoms with van der Waals surface area (Å²) in [6.07, 6.45) is 20.8. The highest BCUT2D eigenvalue weighted by molar-refractivity contribution is 7.26. The average molecular weight is 1030 g/mol. The third kappa shape index (κ3) is 6.27. The van der Waals surface area contributed by atoms with Crippen LogP contribution in [-0.2, 0) is 10.8 Å². The van der Waals surface area contributed by atoms with Gasteiger partial charge in [-0.05, 0) is 161 Å². The largest absolute Gasteiger partial charge is 0.457 e. The van der Waals surface area contributed by atoms with Crippen molar-refractivity contribution in [2.45, 2.75) is 93.3 Å². The summed E-state index contributed by atoms with van der Waals surface area (Å²) in [6.45, 7) is 0. The quantitative estimate of drug-likeness (QED) is 0.171. The molecule has 3 heterocycles. The molecule has 2 spiro atoms. The van der Waals surface area contributed by atoms with E-state index in [1.807, 2.05) is 11.3 Å². The molecule has 3 nitrogen and oxygen atoms in total. The van der Waals surface area contributed by atoms with Crippen molar-refractivity contribution in [3.05, 3.63) is 262 Å². The van der Waals surface area contributed by atoms with Gasteiger partial charge in [0.25, 0.3) is 0 Å². The van der Waals surface area contributed by atoms with Gasteiger partial charge in [0.15, 0.2) is 0 Å². The summed E-state index contributed by atoms with van der Waals surface area (Å²) in [5.74, 6) is 5.03. The zero-order chi connectivity index (χ0) is 51.1. The maximum atomic E-state index is 7.26. The van der Waals surface area contributed by atoms with Crippen molar-refractivity contribution in [2.24, 2.45) is 5.92 Å². The molecule has 0 bridgehead atoms. The maximum Gasteiger partial charge on any atom is 0.132 e. The van der Waals surface area contributed by atoms with Gasteiger partial charge in [-0.1, -0.05) is 178 Å². The van der Waals surface area contributed by atoms with Gasteiger partial charge in [0.2, 0.25) is 0 Å². The van der Waals surface area contributed by atoms with Gasteiger partial charge in [-0.3, -0.25) is 0 Å². The van der Waals surface area contributed by atoms with E-state index in [4.69, 9.17) is 9.47 Å². The first-order valence-electron chi connectivity index (χ1n) is 29.0.